The number of hydrogen-bond acceptors (Lipinski definition) is 2. The van der Waals surface area contributed by atoms with Crippen molar-refractivity contribution in [2.45, 2.75) is 26.8 Å². The van der Waals surface area contributed by atoms with Gasteiger partial charge in [-0.15, -0.1) is 0 Å². The quantitative estimate of drug-likeness (QED) is 0.463. The maximum Gasteiger partial charge on any atom is 0.340 e. The summed E-state index contributed by atoms with van der Waals surface area (Å²) < 4.78 is 7.50. The van der Waals surface area contributed by atoms with Gasteiger partial charge in [0.05, 0.1) is 12.2 Å². The van der Waals surface area contributed by atoms with E-state index in [1.165, 1.54) is 10.9 Å². The molecular weight excluding hydrogens is 348 g/mol. The minimum absolute atomic E-state index is 0.260. The van der Waals surface area contributed by atoms with Crippen LogP contribution in [0.4, 0.5) is 0 Å². The second-order valence-electron chi connectivity index (χ2n) is 6.89. The van der Waals surface area contributed by atoms with Crippen molar-refractivity contribution >= 4 is 16.9 Å². The largest absolute Gasteiger partial charge is 0.462 e. The molecule has 0 amide bonds. The Kier molecular flexibility index (Phi) is 5.02. The fourth-order valence-corrected chi connectivity index (χ4v) is 3.76. The molecule has 2 aromatic carbocycles. The van der Waals surface area contributed by atoms with Gasteiger partial charge in [-0.05, 0) is 37.5 Å². The molecule has 0 fully saturated rings. The molecule has 0 saturated carbocycles. The Labute approximate surface area is 164 Å². The zero-order chi connectivity index (χ0) is 19.5. The van der Waals surface area contributed by atoms with Crippen LogP contribution in [0.2, 0.25) is 0 Å². The van der Waals surface area contributed by atoms with Crippen LogP contribution < -0.4 is 0 Å². The van der Waals surface area contributed by atoms with E-state index in [2.05, 4.69) is 40.1 Å². The number of esters is 1. The van der Waals surface area contributed by atoms with E-state index in [9.17, 15) is 4.79 Å². The van der Waals surface area contributed by atoms with E-state index in [0.717, 1.165) is 35.3 Å². The molecule has 4 nitrogen and oxygen atoms in total. The van der Waals surface area contributed by atoms with Gasteiger partial charge in [0.1, 0.15) is 0 Å². The third-order valence-electron chi connectivity index (χ3n) is 5.21. The van der Waals surface area contributed by atoms with Gasteiger partial charge in [0.2, 0.25) is 0 Å². The number of rotatable bonds is 6. The molecule has 0 saturated heterocycles. The fraction of sp³-hybridized carbons (Fsp3) is 0.208. The highest BCUT2D eigenvalue weighted by molar-refractivity contribution is 5.98. The third-order valence-corrected chi connectivity index (χ3v) is 5.21. The highest BCUT2D eigenvalue weighted by atomic mass is 16.5. The number of benzene rings is 2. The molecule has 0 aliphatic carbocycles. The number of aromatic amines is 1. The molecule has 142 valence electrons. The number of nitrogens with one attached hydrogen (secondary N) is 1. The van der Waals surface area contributed by atoms with Crippen molar-refractivity contribution in [3.63, 3.8) is 0 Å². The van der Waals surface area contributed by atoms with Crippen molar-refractivity contribution in [3.8, 4) is 11.1 Å². The Morgan fingerprint density at radius 1 is 1.07 bits per heavy atom. The van der Waals surface area contributed by atoms with Crippen LogP contribution >= 0.6 is 0 Å². The van der Waals surface area contributed by atoms with E-state index in [-0.39, 0.29) is 5.97 Å². The summed E-state index contributed by atoms with van der Waals surface area (Å²) >= 11 is 0. The number of para-hydroxylation sites is 1. The van der Waals surface area contributed by atoms with Crippen molar-refractivity contribution in [1.82, 2.24) is 9.55 Å². The number of H-pyrrole nitrogens is 1. The van der Waals surface area contributed by atoms with Crippen LogP contribution in [-0.2, 0) is 17.7 Å². The number of aryl methyl sites for hydroxylation is 2. The predicted molar refractivity (Wildman–Crippen MR) is 113 cm³/mol. The van der Waals surface area contributed by atoms with Gasteiger partial charge >= 0.3 is 5.97 Å². The number of ether oxygens (including phenoxy) is 1. The lowest BCUT2D eigenvalue weighted by Gasteiger charge is -2.07. The molecule has 4 aromatic rings. The summed E-state index contributed by atoms with van der Waals surface area (Å²) in [6, 6.07) is 18.3. The van der Waals surface area contributed by atoms with Crippen LogP contribution in [0.1, 0.15) is 28.5 Å². The number of fused-ring (bicyclic) bond motifs is 1. The fourth-order valence-electron chi connectivity index (χ4n) is 3.76. The van der Waals surface area contributed by atoms with Crippen LogP contribution in [0.3, 0.4) is 0 Å². The van der Waals surface area contributed by atoms with Gasteiger partial charge in [0, 0.05) is 41.1 Å². The van der Waals surface area contributed by atoms with Gasteiger partial charge < -0.3 is 14.3 Å². The van der Waals surface area contributed by atoms with E-state index < -0.39 is 0 Å². The molecule has 1 N–H and O–H groups in total. The Morgan fingerprint density at radius 3 is 2.61 bits per heavy atom. The predicted octanol–water partition coefficient (Wildman–Crippen LogP) is 5.36. The normalized spacial score (nSPS) is 11.1. The van der Waals surface area contributed by atoms with Gasteiger partial charge in [-0.2, -0.15) is 0 Å². The second-order valence-corrected chi connectivity index (χ2v) is 6.89. The lowest BCUT2D eigenvalue weighted by molar-refractivity contribution is 0.0526. The number of carbonyl (C=O) groups excluding carboxylic acids is 1. The molecule has 0 spiro atoms. The van der Waals surface area contributed by atoms with Crippen molar-refractivity contribution in [2.75, 3.05) is 6.61 Å². The molecule has 0 radical (unpaired) electrons. The standard InChI is InChI=1S/C24H24N2O2/c1-3-28-24(27)23-17(2)26(16-21(23)18-9-5-4-6-10-18)14-13-19-15-25-22-12-8-7-11-20(19)22/h4-12,15-16,25H,3,13-14H2,1-2H3. The molecule has 0 aliphatic rings. The Morgan fingerprint density at radius 2 is 1.82 bits per heavy atom. The summed E-state index contributed by atoms with van der Waals surface area (Å²) in [5, 5.41) is 1.25. The Hall–Kier alpha value is -3.27. The minimum Gasteiger partial charge on any atom is -0.462 e. The van der Waals surface area contributed by atoms with E-state index >= 15 is 0 Å². The Bertz CT molecular complexity index is 1110. The first kappa shape index (κ1) is 18.1. The van der Waals surface area contributed by atoms with Gasteiger partial charge in [0.15, 0.2) is 0 Å². The highest BCUT2D eigenvalue weighted by Gasteiger charge is 2.21. The third kappa shape index (κ3) is 3.33. The van der Waals surface area contributed by atoms with Crippen molar-refractivity contribution in [3.05, 3.63) is 83.8 Å². The minimum atomic E-state index is -0.260. The van der Waals surface area contributed by atoms with Crippen LogP contribution in [0.15, 0.2) is 67.0 Å². The second kappa shape index (κ2) is 7.77. The SMILES string of the molecule is CCOC(=O)c1c(-c2ccccc2)cn(CCc2c[nH]c3ccccc23)c1C. The average Bonchev–Trinajstić information content (AvgIpc) is 3.28. The average molecular weight is 372 g/mol. The van der Waals surface area contributed by atoms with E-state index in [0.29, 0.717) is 12.2 Å². The van der Waals surface area contributed by atoms with Gasteiger partial charge in [-0.25, -0.2) is 4.79 Å². The van der Waals surface area contributed by atoms with Crippen molar-refractivity contribution < 1.29 is 9.53 Å². The molecule has 0 aliphatic heterocycles. The van der Waals surface area contributed by atoms with E-state index in [1.807, 2.05) is 50.2 Å². The molecule has 2 heterocycles. The molecular formula is C24H24N2O2. The zero-order valence-corrected chi connectivity index (χ0v) is 16.2. The molecule has 4 rings (SSSR count). The maximum absolute atomic E-state index is 12.6. The van der Waals surface area contributed by atoms with Gasteiger partial charge in [-0.3, -0.25) is 0 Å². The lowest BCUT2D eigenvalue weighted by atomic mass is 10.0. The molecule has 2 aromatic heterocycles. The summed E-state index contributed by atoms with van der Waals surface area (Å²) in [5.41, 5.74) is 5.99. The van der Waals surface area contributed by atoms with Crippen LogP contribution in [0.25, 0.3) is 22.0 Å². The molecule has 4 heteroatoms. The summed E-state index contributed by atoms with van der Waals surface area (Å²) in [6.07, 6.45) is 5.04. The van der Waals surface area contributed by atoms with E-state index in [1.54, 1.807) is 0 Å². The summed E-state index contributed by atoms with van der Waals surface area (Å²) in [5.74, 6) is -0.260. The van der Waals surface area contributed by atoms with E-state index in [4.69, 9.17) is 4.74 Å². The first-order valence-electron chi connectivity index (χ1n) is 9.66. The molecule has 0 bridgehead atoms. The van der Waals surface area contributed by atoms with Crippen molar-refractivity contribution in [2.24, 2.45) is 0 Å². The van der Waals surface area contributed by atoms with Gasteiger partial charge in [-0.1, -0.05) is 48.5 Å². The zero-order valence-electron chi connectivity index (χ0n) is 16.2. The summed E-state index contributed by atoms with van der Waals surface area (Å²) in [4.78, 5) is 16.0. The number of hydrogen-bond donors (Lipinski definition) is 1. The summed E-state index contributed by atoms with van der Waals surface area (Å²) in [6.45, 7) is 5.00. The maximum atomic E-state index is 12.6. The van der Waals surface area contributed by atoms with Crippen LogP contribution in [-0.4, -0.2) is 22.1 Å². The number of carbonyl (C=O) groups is 1. The topological polar surface area (TPSA) is 47.0 Å². The lowest BCUT2D eigenvalue weighted by Crippen LogP contribution is -2.09. The number of nitrogens with zero attached hydrogens (tertiary/aromatic N) is 1. The smallest absolute Gasteiger partial charge is 0.340 e. The van der Waals surface area contributed by atoms with Crippen LogP contribution in [0.5, 0.6) is 0 Å². The van der Waals surface area contributed by atoms with Crippen LogP contribution in [0, 0.1) is 6.92 Å². The summed E-state index contributed by atoms with van der Waals surface area (Å²) in [7, 11) is 0. The van der Waals surface area contributed by atoms with Crippen molar-refractivity contribution in [1.29, 1.82) is 0 Å². The Balaban J connectivity index is 1.68. The monoisotopic (exact) mass is 372 g/mol. The number of aromatic nitrogens is 2. The molecule has 28 heavy (non-hydrogen) atoms. The molecule has 0 atom stereocenters. The van der Waals surface area contributed by atoms with Gasteiger partial charge in [0.25, 0.3) is 0 Å². The first-order valence-corrected chi connectivity index (χ1v) is 9.66. The molecule has 0 unspecified atom stereocenters. The first-order chi connectivity index (χ1) is 13.7. The highest BCUT2D eigenvalue weighted by Crippen LogP contribution is 2.29.